The van der Waals surface area contributed by atoms with E-state index in [1.165, 1.54) is 5.39 Å². The van der Waals surface area contributed by atoms with Gasteiger partial charge in [0.15, 0.2) is 0 Å². The van der Waals surface area contributed by atoms with E-state index in [9.17, 15) is 0 Å². The van der Waals surface area contributed by atoms with Gasteiger partial charge in [0.05, 0.1) is 16.9 Å². The molecule has 0 N–H and O–H groups in total. The average molecular weight is 554 g/mol. The number of hydrogen-bond donors (Lipinski definition) is 0. The molecule has 0 saturated heterocycles. The number of nitrogens with zero attached hydrogens (tertiary/aromatic N) is 4. The molecule has 0 saturated carbocycles. The van der Waals surface area contributed by atoms with Crippen LogP contribution in [0.1, 0.15) is 5.69 Å². The molecule has 0 fully saturated rings. The smallest absolute Gasteiger partial charge is 0.0702 e. The Morgan fingerprint density at radius 1 is 0.684 bits per heavy atom. The van der Waals surface area contributed by atoms with Crippen LogP contribution in [-0.2, 0) is 0 Å². The summed E-state index contributed by atoms with van der Waals surface area (Å²) in [6, 6.07) is 33.7. The quantitative estimate of drug-likeness (QED) is 0.218. The SMILES string of the molecule is Brc1ccc2c3c(n(-c4ccc(-c5cc(-c6ccccn6)cc(-c6ccccn6)c5)cc4)c2c1)C=CC[N-]3. The minimum Gasteiger partial charge on any atom is -0.679 e. The maximum Gasteiger partial charge on any atom is 0.0702 e. The summed E-state index contributed by atoms with van der Waals surface area (Å²) in [5.74, 6) is 0. The van der Waals surface area contributed by atoms with Crippen molar-refractivity contribution in [2.45, 2.75) is 0 Å². The van der Waals surface area contributed by atoms with Gasteiger partial charge in [0.1, 0.15) is 0 Å². The Morgan fingerprint density at radius 3 is 2.03 bits per heavy atom. The molecule has 1 aliphatic heterocycles. The first-order chi connectivity index (χ1) is 18.7. The third kappa shape index (κ3) is 4.01. The lowest BCUT2D eigenvalue weighted by atomic mass is 9.96. The molecule has 3 aromatic heterocycles. The maximum absolute atomic E-state index is 4.80. The molecule has 4 heterocycles. The minimum absolute atomic E-state index is 0.715. The van der Waals surface area contributed by atoms with E-state index in [0.717, 1.165) is 60.7 Å². The van der Waals surface area contributed by atoms with E-state index in [2.05, 4.69) is 103 Å². The molecule has 6 aromatic rings. The molecule has 182 valence electrons. The zero-order valence-corrected chi connectivity index (χ0v) is 22.0. The summed E-state index contributed by atoms with van der Waals surface area (Å²) in [6.45, 7) is 0.715. The predicted molar refractivity (Wildman–Crippen MR) is 160 cm³/mol. The van der Waals surface area contributed by atoms with Crippen molar-refractivity contribution in [3.8, 4) is 39.3 Å². The summed E-state index contributed by atoms with van der Waals surface area (Å²) >= 11 is 3.65. The van der Waals surface area contributed by atoms with Crippen LogP contribution in [0.3, 0.4) is 0 Å². The van der Waals surface area contributed by atoms with Crippen molar-refractivity contribution < 1.29 is 0 Å². The normalized spacial score (nSPS) is 12.3. The molecule has 7 rings (SSSR count). The second-order valence-corrected chi connectivity index (χ2v) is 10.2. The zero-order chi connectivity index (χ0) is 25.5. The van der Waals surface area contributed by atoms with E-state index >= 15 is 0 Å². The minimum atomic E-state index is 0.715. The first-order valence-electron chi connectivity index (χ1n) is 12.5. The largest absolute Gasteiger partial charge is 0.679 e. The Kier molecular flexibility index (Phi) is 5.64. The summed E-state index contributed by atoms with van der Waals surface area (Å²) in [4.78, 5) is 9.20. The van der Waals surface area contributed by atoms with Crippen molar-refractivity contribution in [3.63, 3.8) is 0 Å². The Bertz CT molecular complexity index is 1750. The van der Waals surface area contributed by atoms with Crippen molar-refractivity contribution in [1.82, 2.24) is 14.5 Å². The standard InChI is InChI=1S/C33H22BrN4/c34-26-11-14-28-32(21-26)38(31-8-5-17-37-33(28)31)27-12-9-22(10-13-27)23-18-24(29-6-1-3-15-35-29)20-25(19-23)30-7-2-4-16-36-30/h1-16,18-21H,17H2/q-1. The van der Waals surface area contributed by atoms with E-state index in [0.29, 0.717) is 6.54 Å². The average Bonchev–Trinajstić information content (AvgIpc) is 3.31. The fourth-order valence-corrected chi connectivity index (χ4v) is 5.48. The number of aromatic nitrogens is 3. The first-order valence-corrected chi connectivity index (χ1v) is 13.3. The lowest BCUT2D eigenvalue weighted by molar-refractivity contribution is 1.10. The molecule has 0 amide bonds. The van der Waals surface area contributed by atoms with Crippen molar-refractivity contribution in [2.75, 3.05) is 6.54 Å². The molecule has 1 aliphatic rings. The summed E-state index contributed by atoms with van der Waals surface area (Å²) in [6.07, 6.45) is 7.96. The highest BCUT2D eigenvalue weighted by atomic mass is 79.9. The topological polar surface area (TPSA) is 44.8 Å². The maximum atomic E-state index is 4.80. The summed E-state index contributed by atoms with van der Waals surface area (Å²) < 4.78 is 3.34. The van der Waals surface area contributed by atoms with E-state index < -0.39 is 0 Å². The Labute approximate surface area is 229 Å². The molecule has 0 unspecified atom stereocenters. The number of rotatable bonds is 4. The lowest BCUT2D eigenvalue weighted by Crippen LogP contribution is -1.98. The van der Waals surface area contributed by atoms with Gasteiger partial charge in [-0.3, -0.25) is 9.97 Å². The van der Waals surface area contributed by atoms with Crippen LogP contribution in [0, 0.1) is 0 Å². The fourth-order valence-electron chi connectivity index (χ4n) is 5.13. The van der Waals surface area contributed by atoms with E-state index in [1.807, 2.05) is 48.8 Å². The van der Waals surface area contributed by atoms with E-state index in [4.69, 9.17) is 5.32 Å². The van der Waals surface area contributed by atoms with Crippen molar-refractivity contribution in [2.24, 2.45) is 0 Å². The second-order valence-electron chi connectivity index (χ2n) is 9.25. The second kappa shape index (κ2) is 9.43. The Balaban J connectivity index is 1.35. The van der Waals surface area contributed by atoms with Crippen LogP contribution in [0.15, 0.2) is 120 Å². The number of pyridine rings is 2. The van der Waals surface area contributed by atoms with Gasteiger partial charge >= 0.3 is 0 Å². The molecular weight excluding hydrogens is 532 g/mol. The number of hydrogen-bond acceptors (Lipinski definition) is 2. The van der Waals surface area contributed by atoms with Gasteiger partial charge in [-0.2, -0.15) is 0 Å². The van der Waals surface area contributed by atoms with Gasteiger partial charge in [-0.15, -0.1) is 18.3 Å². The summed E-state index contributed by atoms with van der Waals surface area (Å²) in [7, 11) is 0. The van der Waals surface area contributed by atoms with E-state index in [1.54, 1.807) is 0 Å². The zero-order valence-electron chi connectivity index (χ0n) is 20.4. The predicted octanol–water partition coefficient (Wildman–Crippen LogP) is 9.22. The monoisotopic (exact) mass is 553 g/mol. The van der Waals surface area contributed by atoms with Crippen LogP contribution < -0.4 is 0 Å². The van der Waals surface area contributed by atoms with Crippen molar-refractivity contribution in [1.29, 1.82) is 0 Å². The van der Waals surface area contributed by atoms with E-state index in [-0.39, 0.29) is 0 Å². The Morgan fingerprint density at radius 2 is 1.37 bits per heavy atom. The highest BCUT2D eigenvalue weighted by molar-refractivity contribution is 9.10. The third-order valence-corrected chi connectivity index (χ3v) is 7.38. The summed E-state index contributed by atoms with van der Waals surface area (Å²) in [5, 5.41) is 5.97. The number of fused-ring (bicyclic) bond motifs is 3. The molecule has 0 spiro atoms. The molecule has 0 aliphatic carbocycles. The molecule has 0 atom stereocenters. The molecular formula is C33H22BrN4-. The van der Waals surface area contributed by atoms with Crippen molar-refractivity contribution >= 4 is 38.6 Å². The van der Waals surface area contributed by atoms with Gasteiger partial charge in [0, 0.05) is 39.4 Å². The van der Waals surface area contributed by atoms with Crippen molar-refractivity contribution in [3.05, 3.63) is 131 Å². The van der Waals surface area contributed by atoms with Crippen LogP contribution in [0.4, 0.5) is 5.69 Å². The number of benzene rings is 3. The van der Waals surface area contributed by atoms with Gasteiger partial charge in [-0.25, -0.2) is 0 Å². The highest BCUT2D eigenvalue weighted by Crippen LogP contribution is 2.42. The molecule has 3 aromatic carbocycles. The van der Waals surface area contributed by atoms with Gasteiger partial charge in [-0.1, -0.05) is 46.3 Å². The van der Waals surface area contributed by atoms with Gasteiger partial charge in [0.2, 0.25) is 0 Å². The highest BCUT2D eigenvalue weighted by Gasteiger charge is 2.14. The van der Waals surface area contributed by atoms with Crippen LogP contribution in [0.2, 0.25) is 0 Å². The van der Waals surface area contributed by atoms with Gasteiger partial charge in [-0.05, 0) is 89.3 Å². The number of halogens is 1. The molecule has 0 bridgehead atoms. The first kappa shape index (κ1) is 22.7. The van der Waals surface area contributed by atoms with Gasteiger partial charge in [0.25, 0.3) is 0 Å². The lowest BCUT2D eigenvalue weighted by Gasteiger charge is -2.24. The van der Waals surface area contributed by atoms with Crippen LogP contribution >= 0.6 is 15.9 Å². The summed E-state index contributed by atoms with van der Waals surface area (Å²) in [5.41, 5.74) is 10.7. The van der Waals surface area contributed by atoms with Gasteiger partial charge < -0.3 is 9.88 Å². The third-order valence-electron chi connectivity index (χ3n) is 6.88. The Hall–Kier alpha value is -4.48. The molecule has 0 radical (unpaired) electrons. The van der Waals surface area contributed by atoms with Crippen LogP contribution in [0.25, 0.3) is 61.6 Å². The van der Waals surface area contributed by atoms with Crippen LogP contribution in [-0.4, -0.2) is 21.1 Å². The molecule has 38 heavy (non-hydrogen) atoms. The molecule has 5 heteroatoms. The fraction of sp³-hybridized carbons (Fsp3) is 0.0303. The molecule has 4 nitrogen and oxygen atoms in total. The van der Waals surface area contributed by atoms with Crippen LogP contribution in [0.5, 0.6) is 0 Å².